The number of halogens is 1. The second-order valence-corrected chi connectivity index (χ2v) is 8.29. The van der Waals surface area contributed by atoms with Crippen LogP contribution in [0.25, 0.3) is 0 Å². The number of amides is 1. The molecule has 0 bridgehead atoms. The van der Waals surface area contributed by atoms with E-state index in [0.29, 0.717) is 29.3 Å². The lowest BCUT2D eigenvalue weighted by Gasteiger charge is -2.25. The molecule has 1 amide bonds. The van der Waals surface area contributed by atoms with Crippen LogP contribution in [0, 0.1) is 0 Å². The molecular formula is C25H24ClNO3. The monoisotopic (exact) mass is 421 g/mol. The summed E-state index contributed by atoms with van der Waals surface area (Å²) in [5, 5.41) is 11.0. The lowest BCUT2D eigenvalue weighted by molar-refractivity contribution is -0.122. The first kappa shape index (κ1) is 20.3. The Kier molecular flexibility index (Phi) is 5.44. The maximum absolute atomic E-state index is 13.7. The molecule has 0 radical (unpaired) electrons. The second kappa shape index (κ2) is 8.04. The topological polar surface area (TPSA) is 49.8 Å². The van der Waals surface area contributed by atoms with Gasteiger partial charge in [-0.1, -0.05) is 41.9 Å². The normalized spacial score (nSPS) is 17.8. The van der Waals surface area contributed by atoms with Crippen LogP contribution in [-0.2, 0) is 23.1 Å². The summed E-state index contributed by atoms with van der Waals surface area (Å²) in [6, 6.07) is 20.8. The number of ether oxygens (including phenoxy) is 1. The summed E-state index contributed by atoms with van der Waals surface area (Å²) in [7, 11) is 1.58. The van der Waals surface area contributed by atoms with E-state index in [1.807, 2.05) is 48.2 Å². The molecule has 30 heavy (non-hydrogen) atoms. The second-order valence-electron chi connectivity index (χ2n) is 7.86. The number of methoxy groups -OCH3 is 1. The Bertz CT molecular complexity index is 1080. The number of aromatic hydroxyl groups is 1. The van der Waals surface area contributed by atoms with Gasteiger partial charge in [0.05, 0.1) is 12.5 Å². The molecule has 154 valence electrons. The molecule has 1 aliphatic rings. The number of carbonyl (C=O) groups excluding carboxylic acids is 1. The van der Waals surface area contributed by atoms with Crippen molar-refractivity contribution in [1.29, 1.82) is 0 Å². The first-order valence-corrected chi connectivity index (χ1v) is 10.3. The average Bonchev–Trinajstić information content (AvgIpc) is 2.95. The number of phenols is 1. The molecule has 0 fully saturated rings. The number of nitrogens with zero attached hydrogens (tertiary/aromatic N) is 1. The lowest BCUT2D eigenvalue weighted by atomic mass is 9.78. The minimum absolute atomic E-state index is 0.0120. The Morgan fingerprint density at radius 3 is 2.57 bits per heavy atom. The van der Waals surface area contributed by atoms with Gasteiger partial charge in [0.25, 0.3) is 0 Å². The molecule has 3 aromatic rings. The number of rotatable bonds is 6. The Hall–Kier alpha value is -2.98. The van der Waals surface area contributed by atoms with Gasteiger partial charge in [0.15, 0.2) is 0 Å². The molecule has 5 heteroatoms. The fourth-order valence-corrected chi connectivity index (χ4v) is 4.37. The number of anilines is 1. The van der Waals surface area contributed by atoms with Gasteiger partial charge in [-0.2, -0.15) is 0 Å². The van der Waals surface area contributed by atoms with Crippen molar-refractivity contribution in [3.05, 3.63) is 88.4 Å². The summed E-state index contributed by atoms with van der Waals surface area (Å²) in [6.07, 6.45) is 1.11. The van der Waals surface area contributed by atoms with Gasteiger partial charge in [0, 0.05) is 17.3 Å². The predicted octanol–water partition coefficient (Wildman–Crippen LogP) is 5.14. The van der Waals surface area contributed by atoms with Crippen molar-refractivity contribution in [1.82, 2.24) is 0 Å². The van der Waals surface area contributed by atoms with Gasteiger partial charge in [-0.15, -0.1) is 0 Å². The summed E-state index contributed by atoms with van der Waals surface area (Å²) < 4.78 is 5.30. The number of benzene rings is 3. The van der Waals surface area contributed by atoms with Crippen LogP contribution in [0.4, 0.5) is 5.69 Å². The van der Waals surface area contributed by atoms with E-state index in [-0.39, 0.29) is 11.7 Å². The summed E-state index contributed by atoms with van der Waals surface area (Å²) in [4.78, 5) is 15.5. The predicted molar refractivity (Wildman–Crippen MR) is 120 cm³/mol. The minimum Gasteiger partial charge on any atom is -0.508 e. The van der Waals surface area contributed by atoms with Crippen LogP contribution >= 0.6 is 11.6 Å². The third-order valence-electron chi connectivity index (χ3n) is 5.86. The fourth-order valence-electron chi connectivity index (χ4n) is 4.20. The molecule has 0 aliphatic carbocycles. The van der Waals surface area contributed by atoms with Gasteiger partial charge in [0.2, 0.25) is 5.91 Å². The number of hydrogen-bond donors (Lipinski definition) is 1. The van der Waals surface area contributed by atoms with Gasteiger partial charge in [-0.25, -0.2) is 0 Å². The largest absolute Gasteiger partial charge is 0.508 e. The number of hydrogen-bond acceptors (Lipinski definition) is 3. The van der Waals surface area contributed by atoms with Gasteiger partial charge >= 0.3 is 0 Å². The number of carbonyl (C=O) groups is 1. The van der Waals surface area contributed by atoms with E-state index in [1.54, 1.807) is 25.3 Å². The van der Waals surface area contributed by atoms with E-state index in [4.69, 9.17) is 16.3 Å². The van der Waals surface area contributed by atoms with E-state index in [0.717, 1.165) is 17.7 Å². The molecule has 1 atom stereocenters. The van der Waals surface area contributed by atoms with Gasteiger partial charge < -0.3 is 14.7 Å². The van der Waals surface area contributed by atoms with E-state index >= 15 is 0 Å². The highest BCUT2D eigenvalue weighted by Crippen LogP contribution is 2.46. The lowest BCUT2D eigenvalue weighted by Crippen LogP contribution is -2.40. The van der Waals surface area contributed by atoms with E-state index in [1.165, 1.54) is 5.56 Å². The van der Waals surface area contributed by atoms with Crippen LogP contribution in [0.5, 0.6) is 11.5 Å². The summed E-state index contributed by atoms with van der Waals surface area (Å²) in [6.45, 7) is 2.50. The van der Waals surface area contributed by atoms with Crippen molar-refractivity contribution in [3.63, 3.8) is 0 Å². The van der Waals surface area contributed by atoms with Crippen LogP contribution in [0.2, 0.25) is 5.02 Å². The number of phenolic OH excluding ortho intramolecular Hbond substituents is 1. The minimum atomic E-state index is -0.833. The van der Waals surface area contributed by atoms with Gasteiger partial charge in [0.1, 0.15) is 11.5 Å². The zero-order chi connectivity index (χ0) is 21.3. The fraction of sp³-hybridized carbons (Fsp3) is 0.240. The zero-order valence-corrected chi connectivity index (χ0v) is 17.8. The van der Waals surface area contributed by atoms with Crippen molar-refractivity contribution < 1.29 is 14.6 Å². The van der Waals surface area contributed by atoms with Crippen LogP contribution in [-0.4, -0.2) is 24.7 Å². The summed E-state index contributed by atoms with van der Waals surface area (Å²) in [5.41, 5.74) is 2.78. The number of fused-ring (bicyclic) bond motifs is 1. The molecule has 0 saturated heterocycles. The van der Waals surface area contributed by atoms with Gasteiger partial charge in [-0.3, -0.25) is 4.79 Å². The SMILES string of the molecule is COc1ccc(O)c(CC2(C)C(=O)N(CCc3ccccc3)c3ccc(Cl)cc32)c1. The maximum atomic E-state index is 13.7. The molecule has 1 unspecified atom stereocenters. The molecule has 4 nitrogen and oxygen atoms in total. The summed E-state index contributed by atoms with van der Waals surface area (Å²) in [5.74, 6) is 0.804. The first-order chi connectivity index (χ1) is 14.4. The molecular weight excluding hydrogens is 398 g/mol. The molecule has 3 aromatic carbocycles. The molecule has 1 heterocycles. The molecule has 1 N–H and O–H groups in total. The van der Waals surface area contributed by atoms with Crippen LogP contribution in [0.15, 0.2) is 66.7 Å². The highest BCUT2D eigenvalue weighted by Gasteiger charge is 2.47. The third-order valence-corrected chi connectivity index (χ3v) is 6.09. The Balaban J connectivity index is 1.70. The Morgan fingerprint density at radius 1 is 1.07 bits per heavy atom. The van der Waals surface area contributed by atoms with Crippen molar-refractivity contribution >= 4 is 23.2 Å². The maximum Gasteiger partial charge on any atom is 0.237 e. The third kappa shape index (κ3) is 3.63. The average molecular weight is 422 g/mol. The summed E-state index contributed by atoms with van der Waals surface area (Å²) >= 11 is 6.30. The van der Waals surface area contributed by atoms with Crippen molar-refractivity contribution in [2.45, 2.75) is 25.2 Å². The molecule has 0 aromatic heterocycles. The highest BCUT2D eigenvalue weighted by atomic mass is 35.5. The van der Waals surface area contributed by atoms with Crippen molar-refractivity contribution in [2.24, 2.45) is 0 Å². The zero-order valence-electron chi connectivity index (χ0n) is 17.1. The van der Waals surface area contributed by atoms with E-state index < -0.39 is 5.41 Å². The standard InChI is InChI=1S/C25H24ClNO3/c1-25(16-18-14-20(30-2)9-11-23(18)28)21-15-19(26)8-10-22(21)27(24(25)29)13-12-17-6-4-3-5-7-17/h3-11,14-15,28H,12-13,16H2,1-2H3. The Labute approximate surface area is 181 Å². The van der Waals surface area contributed by atoms with E-state index in [2.05, 4.69) is 12.1 Å². The molecule has 0 saturated carbocycles. The Morgan fingerprint density at radius 2 is 1.83 bits per heavy atom. The van der Waals surface area contributed by atoms with Crippen LogP contribution < -0.4 is 9.64 Å². The molecule has 4 rings (SSSR count). The van der Waals surface area contributed by atoms with Crippen molar-refractivity contribution in [2.75, 3.05) is 18.6 Å². The highest BCUT2D eigenvalue weighted by molar-refractivity contribution is 6.31. The quantitative estimate of drug-likeness (QED) is 0.599. The van der Waals surface area contributed by atoms with Crippen molar-refractivity contribution in [3.8, 4) is 11.5 Å². The smallest absolute Gasteiger partial charge is 0.237 e. The molecule has 1 aliphatic heterocycles. The van der Waals surface area contributed by atoms with Crippen LogP contribution in [0.1, 0.15) is 23.6 Å². The van der Waals surface area contributed by atoms with Gasteiger partial charge in [-0.05, 0) is 72.9 Å². The first-order valence-electron chi connectivity index (χ1n) is 9.94. The van der Waals surface area contributed by atoms with E-state index in [9.17, 15) is 9.90 Å². The molecule has 0 spiro atoms. The van der Waals surface area contributed by atoms with Crippen LogP contribution in [0.3, 0.4) is 0 Å².